The van der Waals surface area contributed by atoms with Gasteiger partial charge < -0.3 is 14.6 Å². The summed E-state index contributed by atoms with van der Waals surface area (Å²) in [4.78, 5) is 31.5. The van der Waals surface area contributed by atoms with E-state index in [1.165, 1.54) is 0 Å². The number of rotatable bonds is 6. The Morgan fingerprint density at radius 3 is 2.64 bits per heavy atom. The Balaban J connectivity index is 1.39. The molecule has 0 aliphatic carbocycles. The number of anilines is 1. The van der Waals surface area contributed by atoms with E-state index in [2.05, 4.69) is 9.97 Å². The number of nitrogens with zero attached hydrogens (tertiary/aromatic N) is 2. The van der Waals surface area contributed by atoms with Crippen LogP contribution >= 0.6 is 11.3 Å². The van der Waals surface area contributed by atoms with Gasteiger partial charge in [-0.05, 0) is 29.8 Å². The molecule has 8 nitrogen and oxygen atoms in total. The van der Waals surface area contributed by atoms with E-state index in [1.807, 2.05) is 24.3 Å². The highest BCUT2D eigenvalue weighted by atomic mass is 32.1. The third-order valence-electron chi connectivity index (χ3n) is 4.33. The summed E-state index contributed by atoms with van der Waals surface area (Å²) < 4.78 is 11.0. The van der Waals surface area contributed by atoms with E-state index in [1.54, 1.807) is 29.4 Å². The summed E-state index contributed by atoms with van der Waals surface area (Å²) >= 11 is 0.991. The van der Waals surface area contributed by atoms with Gasteiger partial charge in [0.1, 0.15) is 25.0 Å². The van der Waals surface area contributed by atoms with Crippen LogP contribution in [-0.4, -0.2) is 40.4 Å². The lowest BCUT2D eigenvalue weighted by Gasteiger charge is -2.21. The number of aromatic hydroxyl groups is 1. The van der Waals surface area contributed by atoms with Gasteiger partial charge in [-0.1, -0.05) is 23.5 Å². The Morgan fingerprint density at radius 2 is 1.96 bits per heavy atom. The van der Waals surface area contributed by atoms with E-state index >= 15 is 0 Å². The zero-order valence-corrected chi connectivity index (χ0v) is 15.5. The summed E-state index contributed by atoms with van der Waals surface area (Å²) in [5.74, 6) is 0.571. The highest BCUT2D eigenvalue weighted by molar-refractivity contribution is 7.09. The van der Waals surface area contributed by atoms with Gasteiger partial charge >= 0.3 is 11.0 Å². The second-order valence-corrected chi connectivity index (χ2v) is 7.29. The van der Waals surface area contributed by atoms with Crippen molar-refractivity contribution in [2.75, 3.05) is 18.1 Å². The number of aromatic nitrogens is 2. The van der Waals surface area contributed by atoms with Gasteiger partial charge in [0.05, 0.1) is 10.6 Å². The fraction of sp³-hybridized carbons (Fsp3) is 0.211. The lowest BCUT2D eigenvalue weighted by molar-refractivity contribution is 0.175. The maximum Gasteiger partial charge on any atom is 0.414 e. The molecule has 3 heterocycles. The third kappa shape index (κ3) is 3.84. The average Bonchev–Trinajstić information content (AvgIpc) is 3.23. The number of nitrogens with one attached hydrogen (secondary N) is 1. The van der Waals surface area contributed by atoms with Crippen LogP contribution in [0.1, 0.15) is 10.4 Å². The molecule has 9 heteroatoms. The smallest absolute Gasteiger partial charge is 0.414 e. The number of benzene rings is 1. The molecule has 2 aromatic heterocycles. The Morgan fingerprint density at radius 1 is 1.21 bits per heavy atom. The predicted octanol–water partition coefficient (Wildman–Crippen LogP) is 2.53. The Kier molecular flexibility index (Phi) is 4.98. The first-order valence-corrected chi connectivity index (χ1v) is 9.40. The number of thiazole rings is 1. The second kappa shape index (κ2) is 7.73. The van der Waals surface area contributed by atoms with Crippen LogP contribution in [-0.2, 0) is 11.2 Å². The van der Waals surface area contributed by atoms with Crippen LogP contribution in [0.15, 0.2) is 53.6 Å². The number of H-pyrrole nitrogens is 1. The molecule has 0 bridgehead atoms. The van der Waals surface area contributed by atoms with Crippen molar-refractivity contribution in [3.63, 3.8) is 0 Å². The molecule has 0 saturated carbocycles. The number of amides is 1. The zero-order valence-electron chi connectivity index (χ0n) is 14.7. The quantitative estimate of drug-likeness (QED) is 0.660. The standard InChI is InChI=1S/C19H17N3O5S/c23-17-16(28-18(24)21-17)9-12-1-3-15(4-2-12)26-10-14-11-27-19(25)22(14)13-5-7-20-8-6-13/h1-8,14,23H,9-11H2,(H,21,24). The van der Waals surface area contributed by atoms with E-state index < -0.39 is 6.09 Å². The number of cyclic esters (lactones) is 1. The van der Waals surface area contributed by atoms with E-state index in [9.17, 15) is 14.7 Å². The predicted molar refractivity (Wildman–Crippen MR) is 103 cm³/mol. The van der Waals surface area contributed by atoms with Crippen LogP contribution in [0.4, 0.5) is 10.5 Å². The first-order chi connectivity index (χ1) is 13.6. The molecule has 144 valence electrons. The molecule has 2 N–H and O–H groups in total. The van der Waals surface area contributed by atoms with Gasteiger partial charge in [0.2, 0.25) is 5.88 Å². The minimum atomic E-state index is -0.402. The SMILES string of the molecule is O=C1OCC(COc2ccc(Cc3sc(=O)[nH]c3O)cc2)N1c1ccncc1. The average molecular weight is 399 g/mol. The molecule has 1 atom stereocenters. The van der Waals surface area contributed by atoms with Crippen LogP contribution in [0.3, 0.4) is 0 Å². The molecule has 1 saturated heterocycles. The van der Waals surface area contributed by atoms with Gasteiger partial charge in [-0.15, -0.1) is 0 Å². The lowest BCUT2D eigenvalue weighted by Crippen LogP contribution is -2.37. The fourth-order valence-electron chi connectivity index (χ4n) is 2.96. The van der Waals surface area contributed by atoms with Gasteiger partial charge in [-0.25, -0.2) is 4.79 Å². The van der Waals surface area contributed by atoms with Crippen molar-refractivity contribution in [3.05, 3.63) is 68.9 Å². The number of carbonyl (C=O) groups excluding carboxylic acids is 1. The van der Waals surface area contributed by atoms with E-state index in [4.69, 9.17) is 9.47 Å². The summed E-state index contributed by atoms with van der Waals surface area (Å²) in [6.07, 6.45) is 3.30. The van der Waals surface area contributed by atoms with Crippen molar-refractivity contribution in [1.82, 2.24) is 9.97 Å². The summed E-state index contributed by atoms with van der Waals surface area (Å²) in [6.45, 7) is 0.540. The third-order valence-corrected chi connectivity index (χ3v) is 5.20. The number of pyridine rings is 1. The van der Waals surface area contributed by atoms with E-state index in [0.29, 0.717) is 22.7 Å². The molecule has 4 rings (SSSR count). The van der Waals surface area contributed by atoms with Crippen molar-refractivity contribution in [2.24, 2.45) is 0 Å². The van der Waals surface area contributed by atoms with E-state index in [0.717, 1.165) is 16.9 Å². The Labute approximate surface area is 164 Å². The Hall–Kier alpha value is -3.33. The number of hydrogen-bond acceptors (Lipinski definition) is 7. The molecule has 28 heavy (non-hydrogen) atoms. The van der Waals surface area contributed by atoms with Crippen molar-refractivity contribution in [2.45, 2.75) is 12.5 Å². The number of aromatic amines is 1. The number of carbonyl (C=O) groups is 1. The van der Waals surface area contributed by atoms with Crippen molar-refractivity contribution >= 4 is 23.1 Å². The normalized spacial score (nSPS) is 16.2. The maximum absolute atomic E-state index is 12.0. The van der Waals surface area contributed by atoms with Gasteiger partial charge in [0.25, 0.3) is 0 Å². The molecule has 1 aliphatic rings. The number of hydrogen-bond donors (Lipinski definition) is 2. The lowest BCUT2D eigenvalue weighted by atomic mass is 10.1. The first kappa shape index (κ1) is 18.1. The van der Waals surface area contributed by atoms with Crippen molar-refractivity contribution in [1.29, 1.82) is 0 Å². The molecule has 1 aliphatic heterocycles. The van der Waals surface area contributed by atoms with Crippen LogP contribution in [0.5, 0.6) is 11.6 Å². The zero-order chi connectivity index (χ0) is 19.5. The monoisotopic (exact) mass is 399 g/mol. The maximum atomic E-state index is 12.0. The molecule has 1 aromatic carbocycles. The first-order valence-electron chi connectivity index (χ1n) is 8.59. The van der Waals surface area contributed by atoms with Crippen LogP contribution in [0, 0.1) is 0 Å². The minimum absolute atomic E-state index is 0.0857. The van der Waals surface area contributed by atoms with Crippen molar-refractivity contribution < 1.29 is 19.4 Å². The highest BCUT2D eigenvalue weighted by Gasteiger charge is 2.34. The Bertz CT molecular complexity index is 1020. The molecule has 0 spiro atoms. The molecular formula is C19H17N3O5S. The fourth-order valence-corrected chi connectivity index (χ4v) is 3.72. The summed E-state index contributed by atoms with van der Waals surface area (Å²) in [6, 6.07) is 10.6. The summed E-state index contributed by atoms with van der Waals surface area (Å²) in [5, 5.41) is 9.68. The number of ether oxygens (including phenoxy) is 2. The molecular weight excluding hydrogens is 382 g/mol. The van der Waals surface area contributed by atoms with E-state index in [-0.39, 0.29) is 30.0 Å². The van der Waals surface area contributed by atoms with Gasteiger partial charge in [0, 0.05) is 18.8 Å². The van der Waals surface area contributed by atoms with Gasteiger partial charge in [0.15, 0.2) is 0 Å². The van der Waals surface area contributed by atoms with Crippen molar-refractivity contribution in [3.8, 4) is 11.6 Å². The summed E-state index contributed by atoms with van der Waals surface area (Å²) in [7, 11) is 0. The summed E-state index contributed by atoms with van der Waals surface area (Å²) in [5.41, 5.74) is 1.66. The molecule has 1 amide bonds. The van der Waals surface area contributed by atoms with Crippen LogP contribution < -0.4 is 14.5 Å². The molecule has 3 aromatic rings. The van der Waals surface area contributed by atoms with Crippen LogP contribution in [0.25, 0.3) is 0 Å². The topological polar surface area (TPSA) is 105 Å². The largest absolute Gasteiger partial charge is 0.494 e. The highest BCUT2D eigenvalue weighted by Crippen LogP contribution is 2.24. The minimum Gasteiger partial charge on any atom is -0.494 e. The molecule has 1 unspecified atom stereocenters. The molecule has 0 radical (unpaired) electrons. The molecule has 1 fully saturated rings. The van der Waals surface area contributed by atoms with Gasteiger partial charge in [-0.2, -0.15) is 0 Å². The van der Waals surface area contributed by atoms with Crippen LogP contribution in [0.2, 0.25) is 0 Å². The second-order valence-electron chi connectivity index (χ2n) is 6.22. The van der Waals surface area contributed by atoms with Gasteiger partial charge in [-0.3, -0.25) is 19.7 Å².